The second-order valence-corrected chi connectivity index (χ2v) is 6.80. The number of thiophene rings is 1. The van der Waals surface area contributed by atoms with Gasteiger partial charge in [0.1, 0.15) is 0 Å². The summed E-state index contributed by atoms with van der Waals surface area (Å²) in [5.74, 6) is 0. The summed E-state index contributed by atoms with van der Waals surface area (Å²) in [6.07, 6.45) is 2.04. The first-order valence-electron chi connectivity index (χ1n) is 5.38. The Morgan fingerprint density at radius 3 is 2.88 bits per heavy atom. The summed E-state index contributed by atoms with van der Waals surface area (Å²) < 4.78 is 2.34. The Morgan fingerprint density at radius 2 is 2.18 bits per heavy atom. The molecule has 1 unspecified atom stereocenters. The van der Waals surface area contributed by atoms with Crippen LogP contribution in [0.4, 0.5) is 0 Å². The number of hydrogen-bond donors (Lipinski definition) is 1. The summed E-state index contributed by atoms with van der Waals surface area (Å²) in [6.45, 7) is 0. The van der Waals surface area contributed by atoms with Crippen LogP contribution in [0.2, 0.25) is 0 Å². The van der Waals surface area contributed by atoms with E-state index in [1.54, 1.807) is 11.3 Å². The van der Waals surface area contributed by atoms with E-state index in [0.29, 0.717) is 0 Å². The number of benzene rings is 1. The molecule has 2 aromatic rings. The summed E-state index contributed by atoms with van der Waals surface area (Å²) in [7, 11) is 0. The topological polar surface area (TPSA) is 26.0 Å². The van der Waals surface area contributed by atoms with Crippen molar-refractivity contribution in [1.82, 2.24) is 0 Å². The van der Waals surface area contributed by atoms with Crippen molar-refractivity contribution < 1.29 is 0 Å². The highest BCUT2D eigenvalue weighted by molar-refractivity contribution is 14.1. The Morgan fingerprint density at radius 1 is 1.35 bits per heavy atom. The fourth-order valence-corrected chi connectivity index (χ4v) is 3.53. The van der Waals surface area contributed by atoms with Crippen molar-refractivity contribution in [3.63, 3.8) is 0 Å². The predicted molar refractivity (Wildman–Crippen MR) is 86.4 cm³/mol. The van der Waals surface area contributed by atoms with Crippen LogP contribution in [0.3, 0.4) is 0 Å². The largest absolute Gasteiger partial charge is 0.324 e. The Hall–Kier alpha value is 0.0900. The van der Waals surface area contributed by atoms with Gasteiger partial charge in [-0.1, -0.05) is 15.9 Å². The molecule has 0 spiro atoms. The first-order chi connectivity index (χ1) is 8.16. The fraction of sp³-hybridized carbons (Fsp3) is 0.231. The number of rotatable bonds is 4. The van der Waals surface area contributed by atoms with Crippen molar-refractivity contribution in [2.45, 2.75) is 18.9 Å². The highest BCUT2D eigenvalue weighted by atomic mass is 127. The summed E-state index contributed by atoms with van der Waals surface area (Å²) in [5.41, 5.74) is 8.88. The van der Waals surface area contributed by atoms with Crippen molar-refractivity contribution in [2.24, 2.45) is 5.73 Å². The van der Waals surface area contributed by atoms with Gasteiger partial charge in [0.15, 0.2) is 0 Å². The van der Waals surface area contributed by atoms with Crippen molar-refractivity contribution in [2.75, 3.05) is 0 Å². The molecular formula is C13H13BrINS. The minimum absolute atomic E-state index is 0.110. The van der Waals surface area contributed by atoms with Crippen molar-refractivity contribution >= 4 is 49.9 Å². The highest BCUT2D eigenvalue weighted by Crippen LogP contribution is 2.25. The van der Waals surface area contributed by atoms with Gasteiger partial charge in [-0.3, -0.25) is 0 Å². The van der Waals surface area contributed by atoms with Gasteiger partial charge in [-0.15, -0.1) is 0 Å². The molecule has 0 radical (unpaired) electrons. The smallest absolute Gasteiger partial charge is 0.0308 e. The average molecular weight is 422 g/mol. The standard InChI is InChI=1S/C13H13BrINS/c14-10-2-3-12(15)11(7-10)13(16)4-1-9-5-6-17-8-9/h2-3,5-8,13H,1,4,16H2. The fourth-order valence-electron chi connectivity index (χ4n) is 1.71. The summed E-state index contributed by atoms with van der Waals surface area (Å²) >= 11 is 7.59. The maximum Gasteiger partial charge on any atom is 0.0308 e. The van der Waals surface area contributed by atoms with Crippen LogP contribution in [0.5, 0.6) is 0 Å². The molecule has 0 saturated heterocycles. The van der Waals surface area contributed by atoms with Gasteiger partial charge in [-0.25, -0.2) is 0 Å². The Balaban J connectivity index is 2.04. The molecule has 4 heteroatoms. The third-order valence-corrected chi connectivity index (χ3v) is 4.89. The number of aryl methyl sites for hydroxylation is 1. The quantitative estimate of drug-likeness (QED) is 0.708. The van der Waals surface area contributed by atoms with Gasteiger partial charge >= 0.3 is 0 Å². The van der Waals surface area contributed by atoms with Gasteiger partial charge in [0, 0.05) is 14.1 Å². The average Bonchev–Trinajstić information content (AvgIpc) is 2.82. The molecule has 17 heavy (non-hydrogen) atoms. The van der Waals surface area contributed by atoms with Crippen LogP contribution in [0.25, 0.3) is 0 Å². The molecular weight excluding hydrogens is 409 g/mol. The van der Waals surface area contributed by atoms with Gasteiger partial charge in [0.2, 0.25) is 0 Å². The maximum absolute atomic E-state index is 6.26. The zero-order valence-electron chi connectivity index (χ0n) is 9.20. The van der Waals surface area contributed by atoms with Crippen LogP contribution < -0.4 is 5.73 Å². The van der Waals surface area contributed by atoms with E-state index >= 15 is 0 Å². The first-order valence-corrected chi connectivity index (χ1v) is 8.20. The molecule has 0 bridgehead atoms. The molecule has 2 rings (SSSR count). The SMILES string of the molecule is NC(CCc1ccsc1)c1cc(Br)ccc1I. The van der Waals surface area contributed by atoms with Gasteiger partial charge in [0.05, 0.1) is 0 Å². The van der Waals surface area contributed by atoms with Gasteiger partial charge in [0.25, 0.3) is 0 Å². The van der Waals surface area contributed by atoms with E-state index in [1.807, 2.05) is 0 Å². The van der Waals surface area contributed by atoms with E-state index in [-0.39, 0.29) is 6.04 Å². The number of halogens is 2. The Kier molecular flexibility index (Phi) is 5.02. The lowest BCUT2D eigenvalue weighted by Gasteiger charge is -2.14. The molecule has 1 atom stereocenters. The lowest BCUT2D eigenvalue weighted by molar-refractivity contribution is 0.649. The molecule has 0 saturated carbocycles. The normalized spacial score (nSPS) is 12.6. The van der Waals surface area contributed by atoms with E-state index in [1.165, 1.54) is 14.7 Å². The van der Waals surface area contributed by atoms with Gasteiger partial charge < -0.3 is 5.73 Å². The van der Waals surface area contributed by atoms with E-state index < -0.39 is 0 Å². The van der Waals surface area contributed by atoms with E-state index in [9.17, 15) is 0 Å². The molecule has 0 fully saturated rings. The van der Waals surface area contributed by atoms with E-state index in [0.717, 1.165) is 17.3 Å². The molecule has 1 aromatic heterocycles. The summed E-state index contributed by atoms with van der Waals surface area (Å²) in [5, 5.41) is 4.31. The molecule has 0 aliphatic carbocycles. The predicted octanol–water partition coefficient (Wildman–Crippen LogP) is 4.75. The van der Waals surface area contributed by atoms with E-state index in [2.05, 4.69) is 73.5 Å². The van der Waals surface area contributed by atoms with Crippen molar-refractivity contribution in [1.29, 1.82) is 0 Å². The minimum Gasteiger partial charge on any atom is -0.324 e. The van der Waals surface area contributed by atoms with Crippen molar-refractivity contribution in [3.8, 4) is 0 Å². The molecule has 1 aromatic carbocycles. The number of hydrogen-bond acceptors (Lipinski definition) is 2. The zero-order chi connectivity index (χ0) is 12.3. The molecule has 0 aliphatic rings. The monoisotopic (exact) mass is 421 g/mol. The molecule has 0 aliphatic heterocycles. The summed E-state index contributed by atoms with van der Waals surface area (Å²) in [6, 6.07) is 8.56. The van der Waals surface area contributed by atoms with Gasteiger partial charge in [-0.05, 0) is 81.6 Å². The van der Waals surface area contributed by atoms with Crippen LogP contribution in [0.1, 0.15) is 23.6 Å². The second kappa shape index (κ2) is 6.31. The maximum atomic E-state index is 6.26. The first kappa shape index (κ1) is 13.5. The summed E-state index contributed by atoms with van der Waals surface area (Å²) in [4.78, 5) is 0. The highest BCUT2D eigenvalue weighted by Gasteiger charge is 2.10. The lowest BCUT2D eigenvalue weighted by Crippen LogP contribution is -2.12. The molecule has 0 amide bonds. The second-order valence-electron chi connectivity index (χ2n) is 3.94. The number of nitrogens with two attached hydrogens (primary N) is 1. The van der Waals surface area contributed by atoms with Crippen LogP contribution in [0, 0.1) is 3.57 Å². The van der Waals surface area contributed by atoms with Gasteiger partial charge in [-0.2, -0.15) is 11.3 Å². The third kappa shape index (κ3) is 3.77. The molecule has 1 heterocycles. The Bertz CT molecular complexity index is 484. The third-order valence-electron chi connectivity index (χ3n) is 2.68. The lowest BCUT2D eigenvalue weighted by atomic mass is 10.0. The minimum atomic E-state index is 0.110. The van der Waals surface area contributed by atoms with Crippen molar-refractivity contribution in [3.05, 3.63) is 54.2 Å². The zero-order valence-corrected chi connectivity index (χ0v) is 13.8. The van der Waals surface area contributed by atoms with Crippen LogP contribution in [0.15, 0.2) is 39.5 Å². The molecule has 1 nitrogen and oxygen atoms in total. The van der Waals surface area contributed by atoms with E-state index in [4.69, 9.17) is 5.73 Å². The van der Waals surface area contributed by atoms with Crippen LogP contribution in [-0.2, 0) is 6.42 Å². The Labute approximate surface area is 128 Å². The van der Waals surface area contributed by atoms with Crippen LogP contribution >= 0.6 is 49.9 Å². The molecule has 2 N–H and O–H groups in total. The van der Waals surface area contributed by atoms with Crippen LogP contribution in [-0.4, -0.2) is 0 Å². The molecule has 90 valence electrons.